The number of halogens is 3. The van der Waals surface area contributed by atoms with Crippen molar-refractivity contribution in [2.75, 3.05) is 18.9 Å². The minimum Gasteiger partial charge on any atom is -0.329 e. The van der Waals surface area contributed by atoms with Gasteiger partial charge in [-0.3, -0.25) is 4.40 Å². The highest BCUT2D eigenvalue weighted by atomic mass is 33.1. The number of pyridine rings is 1. The molecule has 2 amide bonds. The number of hydrogen-bond acceptors (Lipinski definition) is 6. The monoisotopic (exact) mass is 471 g/mol. The molecule has 3 aromatic rings. The molecule has 2 aromatic heterocycles. The summed E-state index contributed by atoms with van der Waals surface area (Å²) in [5, 5.41) is 4.21. The lowest BCUT2D eigenvalue weighted by Crippen LogP contribution is -2.36. The van der Waals surface area contributed by atoms with Gasteiger partial charge in [0, 0.05) is 35.5 Å². The lowest BCUT2D eigenvalue weighted by atomic mass is 10.1. The molecule has 0 bridgehead atoms. The molecular formula is C18H16F3N5OS3. The third-order valence-electron chi connectivity index (χ3n) is 4.15. The molecular weight excluding hydrogens is 455 g/mol. The van der Waals surface area contributed by atoms with Crippen molar-refractivity contribution < 1.29 is 18.0 Å². The van der Waals surface area contributed by atoms with Gasteiger partial charge in [0.25, 0.3) is 0 Å². The fraction of sp³-hybridized carbons (Fsp3) is 0.222. The van der Waals surface area contributed by atoms with E-state index < -0.39 is 18.8 Å². The highest BCUT2D eigenvalue weighted by Gasteiger charge is 2.28. The largest absolute Gasteiger partial charge is 0.405 e. The van der Waals surface area contributed by atoms with E-state index >= 15 is 0 Å². The van der Waals surface area contributed by atoms with E-state index in [1.165, 1.54) is 5.56 Å². The molecule has 2 N–H and O–H groups in total. The van der Waals surface area contributed by atoms with Crippen LogP contribution in [0.1, 0.15) is 10.1 Å². The molecule has 0 radical (unpaired) electrons. The first-order valence-corrected chi connectivity index (χ1v) is 11.7. The number of carbonyl (C=O) groups is 1. The molecule has 1 aromatic carbocycles. The standard InChI is InChI=1S/C18H16F3N5OS3/c1-25-28-16(29-30-25)12-5-6-26-14(9-22-15(26)8-12)11-3-2-4-13(7-11)24-17(27)23-10-18(19,20)21/h2-9,16H,10H2,1H3,(H2,23,24,27). The molecule has 1 saturated heterocycles. The van der Waals surface area contributed by atoms with Gasteiger partial charge in [0.1, 0.15) is 16.8 Å². The van der Waals surface area contributed by atoms with Gasteiger partial charge in [0.15, 0.2) is 0 Å². The SMILES string of the molecule is CN1SSC(c2ccn3c(-c4cccc(NC(=O)NCC(F)(F)F)c4)cnc3c2)S1. The number of aromatic nitrogens is 2. The van der Waals surface area contributed by atoms with Gasteiger partial charge in [0.05, 0.1) is 11.9 Å². The number of nitrogens with zero attached hydrogens (tertiary/aromatic N) is 3. The Bertz CT molecular complexity index is 1070. The zero-order valence-electron chi connectivity index (χ0n) is 15.5. The van der Waals surface area contributed by atoms with Crippen LogP contribution in [-0.4, -0.2) is 38.9 Å². The maximum atomic E-state index is 12.2. The van der Waals surface area contributed by atoms with Crippen LogP contribution in [0.15, 0.2) is 48.8 Å². The van der Waals surface area contributed by atoms with E-state index in [2.05, 4.69) is 20.1 Å². The van der Waals surface area contributed by atoms with Crippen LogP contribution < -0.4 is 10.6 Å². The molecule has 0 spiro atoms. The molecule has 30 heavy (non-hydrogen) atoms. The summed E-state index contributed by atoms with van der Waals surface area (Å²) in [5.41, 5.74) is 3.95. The number of hydrogen-bond donors (Lipinski definition) is 2. The zero-order chi connectivity index (χ0) is 21.3. The Kier molecular flexibility index (Phi) is 6.09. The Morgan fingerprint density at radius 2 is 2.10 bits per heavy atom. The van der Waals surface area contributed by atoms with Crippen LogP contribution in [0.2, 0.25) is 0 Å². The van der Waals surface area contributed by atoms with Gasteiger partial charge in [-0.05, 0) is 41.8 Å². The smallest absolute Gasteiger partial charge is 0.329 e. The number of amides is 2. The molecule has 4 rings (SSSR count). The first kappa shape index (κ1) is 21.2. The summed E-state index contributed by atoms with van der Waals surface area (Å²) in [7, 11) is 5.51. The molecule has 0 aliphatic carbocycles. The normalized spacial score (nSPS) is 17.4. The molecule has 1 fully saturated rings. The van der Waals surface area contributed by atoms with Crippen LogP contribution in [0.4, 0.5) is 23.7 Å². The average molecular weight is 472 g/mol. The summed E-state index contributed by atoms with van der Waals surface area (Å²) in [6, 6.07) is 10.1. The third kappa shape index (κ3) is 4.99. The minimum atomic E-state index is -4.46. The second-order valence-corrected chi connectivity index (χ2v) is 10.5. The van der Waals surface area contributed by atoms with Gasteiger partial charge in [0.2, 0.25) is 0 Å². The molecule has 1 atom stereocenters. The van der Waals surface area contributed by atoms with Gasteiger partial charge in [-0.1, -0.05) is 22.9 Å². The van der Waals surface area contributed by atoms with Gasteiger partial charge in [-0.15, -0.1) is 0 Å². The van der Waals surface area contributed by atoms with Crippen molar-refractivity contribution in [3.8, 4) is 11.3 Å². The molecule has 1 aliphatic rings. The number of benzene rings is 1. The molecule has 158 valence electrons. The van der Waals surface area contributed by atoms with Gasteiger partial charge >= 0.3 is 12.2 Å². The predicted molar refractivity (Wildman–Crippen MR) is 117 cm³/mol. The number of carbonyl (C=O) groups excluding carboxylic acids is 1. The van der Waals surface area contributed by atoms with Crippen molar-refractivity contribution in [2.45, 2.75) is 10.8 Å². The van der Waals surface area contributed by atoms with E-state index in [0.29, 0.717) is 10.3 Å². The highest BCUT2D eigenvalue weighted by Crippen LogP contribution is 2.57. The van der Waals surface area contributed by atoms with Crippen LogP contribution >= 0.6 is 33.7 Å². The maximum absolute atomic E-state index is 12.2. The minimum absolute atomic E-state index is 0.299. The highest BCUT2D eigenvalue weighted by molar-refractivity contribution is 8.80. The fourth-order valence-corrected chi connectivity index (χ4v) is 7.14. The van der Waals surface area contributed by atoms with E-state index in [4.69, 9.17) is 0 Å². The Labute approximate surface area is 182 Å². The van der Waals surface area contributed by atoms with E-state index in [1.807, 2.05) is 29.8 Å². The Morgan fingerprint density at radius 1 is 1.27 bits per heavy atom. The van der Waals surface area contributed by atoms with Crippen molar-refractivity contribution in [2.24, 2.45) is 0 Å². The molecule has 1 unspecified atom stereocenters. The van der Waals surface area contributed by atoms with Crippen molar-refractivity contribution in [3.05, 3.63) is 54.4 Å². The first-order valence-electron chi connectivity index (χ1n) is 8.71. The number of fused-ring (bicyclic) bond motifs is 1. The lowest BCUT2D eigenvalue weighted by Gasteiger charge is -2.11. The van der Waals surface area contributed by atoms with E-state index in [-0.39, 0.29) is 0 Å². The van der Waals surface area contributed by atoms with Crippen molar-refractivity contribution >= 4 is 51.1 Å². The summed E-state index contributed by atoms with van der Waals surface area (Å²) < 4.78 is 41.1. The van der Waals surface area contributed by atoms with E-state index in [9.17, 15) is 18.0 Å². The van der Waals surface area contributed by atoms with Crippen molar-refractivity contribution in [3.63, 3.8) is 0 Å². The number of urea groups is 1. The Balaban J connectivity index is 1.52. The first-order chi connectivity index (χ1) is 14.3. The zero-order valence-corrected chi connectivity index (χ0v) is 18.0. The third-order valence-corrected chi connectivity index (χ3v) is 8.84. The summed E-state index contributed by atoms with van der Waals surface area (Å²) in [6.45, 7) is -1.39. The summed E-state index contributed by atoms with van der Waals surface area (Å²) in [6.07, 6.45) is -0.775. The van der Waals surface area contributed by atoms with Gasteiger partial charge in [-0.2, -0.15) is 16.9 Å². The molecule has 0 saturated carbocycles. The second kappa shape index (κ2) is 8.61. The number of alkyl halides is 3. The lowest BCUT2D eigenvalue weighted by molar-refractivity contribution is -0.122. The van der Waals surface area contributed by atoms with E-state index in [1.54, 1.807) is 63.4 Å². The van der Waals surface area contributed by atoms with Crippen molar-refractivity contribution in [1.82, 2.24) is 18.4 Å². The van der Waals surface area contributed by atoms with Crippen LogP contribution in [-0.2, 0) is 0 Å². The molecule has 1 aliphatic heterocycles. The Morgan fingerprint density at radius 3 is 2.83 bits per heavy atom. The Hall–Kier alpha value is -2.02. The summed E-state index contributed by atoms with van der Waals surface area (Å²) >= 11 is 1.75. The van der Waals surface area contributed by atoms with E-state index in [0.717, 1.165) is 16.9 Å². The van der Waals surface area contributed by atoms with Crippen LogP contribution in [0.3, 0.4) is 0 Å². The molecule has 3 heterocycles. The summed E-state index contributed by atoms with van der Waals surface area (Å²) in [4.78, 5) is 16.2. The molecule has 12 heteroatoms. The fourth-order valence-electron chi connectivity index (χ4n) is 2.85. The number of nitrogens with one attached hydrogen (secondary N) is 2. The number of imidazole rings is 1. The quantitative estimate of drug-likeness (QED) is 0.383. The number of anilines is 1. The van der Waals surface area contributed by atoms with Crippen LogP contribution in [0.25, 0.3) is 16.9 Å². The van der Waals surface area contributed by atoms with Crippen molar-refractivity contribution in [1.29, 1.82) is 0 Å². The van der Waals surface area contributed by atoms with Gasteiger partial charge < -0.3 is 10.6 Å². The van der Waals surface area contributed by atoms with Gasteiger partial charge in [-0.25, -0.2) is 9.78 Å². The number of rotatable bonds is 4. The topological polar surface area (TPSA) is 61.7 Å². The summed E-state index contributed by atoms with van der Waals surface area (Å²) in [5.74, 6) is 0. The molecule has 6 nitrogen and oxygen atoms in total. The van der Waals surface area contributed by atoms with Crippen LogP contribution in [0.5, 0.6) is 0 Å². The average Bonchev–Trinajstić information content (AvgIpc) is 3.32. The second-order valence-electron chi connectivity index (χ2n) is 6.38. The maximum Gasteiger partial charge on any atom is 0.405 e. The predicted octanol–water partition coefficient (Wildman–Crippen LogP) is 5.57. The van der Waals surface area contributed by atoms with Crippen LogP contribution in [0, 0.1) is 0 Å².